The molecule has 0 saturated carbocycles. The zero-order chi connectivity index (χ0) is 5.70. The molecule has 8 heavy (non-hydrogen) atoms. The van der Waals surface area contributed by atoms with E-state index in [1.807, 2.05) is 0 Å². The minimum Gasteiger partial charge on any atom is -0.410 e. The van der Waals surface area contributed by atoms with Gasteiger partial charge >= 0.3 is 29.6 Å². The smallest absolute Gasteiger partial charge is 0.410 e. The second-order valence-electron chi connectivity index (χ2n) is 0.761. The van der Waals surface area contributed by atoms with Gasteiger partial charge < -0.3 is 35.7 Å². The first-order valence-corrected chi connectivity index (χ1v) is 2.42. The van der Waals surface area contributed by atoms with Crippen molar-refractivity contribution < 1.29 is 29.6 Å². The van der Waals surface area contributed by atoms with Crippen molar-refractivity contribution in [3.05, 3.63) is 12.8 Å². The molecular weight excluding hydrogens is 151 g/mol. The van der Waals surface area contributed by atoms with Crippen molar-refractivity contribution in [1.82, 2.24) is 10.9 Å². The zero-order valence-corrected chi connectivity index (χ0v) is 8.23. The van der Waals surface area contributed by atoms with Crippen LogP contribution in [0.4, 0.5) is 0 Å². The van der Waals surface area contributed by atoms with Crippen LogP contribution in [0.15, 0.2) is 12.8 Å². The Hall–Kier alpha value is 0.650. The third-order valence-electron chi connectivity index (χ3n) is 0.276. The maximum Gasteiger partial charge on any atom is 1.00 e. The van der Waals surface area contributed by atoms with E-state index in [4.69, 9.17) is 0 Å². The molecule has 0 spiro atoms. The Balaban J connectivity index is 0. The van der Waals surface area contributed by atoms with Gasteiger partial charge in [0.05, 0.1) is 0 Å². The van der Waals surface area contributed by atoms with E-state index in [0.29, 0.717) is 4.32 Å². The van der Waals surface area contributed by atoms with Crippen LogP contribution < -0.4 is 40.4 Å². The molecule has 0 aliphatic rings. The van der Waals surface area contributed by atoms with Gasteiger partial charge in [-0.3, -0.25) is 0 Å². The second kappa shape index (κ2) is 7.65. The molecule has 0 aliphatic heterocycles. The Morgan fingerprint density at radius 1 is 1.75 bits per heavy atom. The van der Waals surface area contributed by atoms with Crippen molar-refractivity contribution in [2.75, 3.05) is 0 Å². The molecule has 0 saturated heterocycles. The van der Waals surface area contributed by atoms with Crippen LogP contribution in [-0.4, -0.2) is 4.32 Å². The van der Waals surface area contributed by atoms with Crippen LogP contribution in [-0.2, 0) is 12.6 Å². The summed E-state index contributed by atoms with van der Waals surface area (Å²) in [6, 6.07) is 0. The van der Waals surface area contributed by atoms with E-state index in [0.717, 1.165) is 0 Å². The summed E-state index contributed by atoms with van der Waals surface area (Å²) in [6.07, 6.45) is 1.46. The number of hydrogen-bond donors (Lipinski definition) is 2. The Morgan fingerprint density at radius 3 is 2.38 bits per heavy atom. The summed E-state index contributed by atoms with van der Waals surface area (Å²) >= 11 is 8.91. The monoisotopic (exact) mass is 156 g/mol. The Labute approximate surface area is 81.8 Å². The number of rotatable bonds is 2. The number of thiocarbonyl (C=S) groups is 1. The molecule has 0 aliphatic carbocycles. The normalized spacial score (nSPS) is 6.00. The second-order valence-corrected chi connectivity index (χ2v) is 1.84. The average molecular weight is 156 g/mol. The number of hydrogen-bond acceptors (Lipinski definition) is 3. The minimum absolute atomic E-state index is 0. The zero-order valence-electron chi connectivity index (χ0n) is 4.60. The third-order valence-corrected chi connectivity index (χ3v) is 0.480. The summed E-state index contributed by atoms with van der Waals surface area (Å²) in [6.45, 7) is 3.35. The molecule has 0 rings (SSSR count). The fourth-order valence-corrected chi connectivity index (χ4v) is 0.228. The van der Waals surface area contributed by atoms with E-state index in [1.165, 1.54) is 6.20 Å². The molecule has 0 aromatic heterocycles. The van der Waals surface area contributed by atoms with Crippen LogP contribution in [0.1, 0.15) is 0 Å². The van der Waals surface area contributed by atoms with Crippen LogP contribution in [0.2, 0.25) is 0 Å². The Bertz CT molecular complexity index is 85.4. The fraction of sp³-hybridized carbons (Fsp3) is 0. The van der Waals surface area contributed by atoms with Gasteiger partial charge in [0, 0.05) is 6.20 Å². The van der Waals surface area contributed by atoms with Gasteiger partial charge in [0.15, 0.2) is 0 Å². The molecule has 0 bridgehead atoms. The molecule has 2 N–H and O–H groups in total. The molecule has 0 aromatic carbocycles. The summed E-state index contributed by atoms with van der Waals surface area (Å²) in [5.41, 5.74) is 4.99. The van der Waals surface area contributed by atoms with Crippen molar-refractivity contribution in [3.8, 4) is 0 Å². The molecule has 0 heterocycles. The van der Waals surface area contributed by atoms with Gasteiger partial charge in [-0.25, -0.2) is 0 Å². The van der Waals surface area contributed by atoms with Crippen molar-refractivity contribution in [1.29, 1.82) is 0 Å². The van der Waals surface area contributed by atoms with Gasteiger partial charge in [0.25, 0.3) is 0 Å². The quantitative estimate of drug-likeness (QED) is 0.193. The van der Waals surface area contributed by atoms with Crippen LogP contribution in [0.5, 0.6) is 0 Å². The van der Waals surface area contributed by atoms with Crippen LogP contribution in [0, 0.1) is 0 Å². The van der Waals surface area contributed by atoms with Crippen molar-refractivity contribution in [3.63, 3.8) is 0 Å². The van der Waals surface area contributed by atoms with E-state index < -0.39 is 0 Å². The summed E-state index contributed by atoms with van der Waals surface area (Å²) in [4.78, 5) is 0. The van der Waals surface area contributed by atoms with Gasteiger partial charge in [-0.1, -0.05) is 6.58 Å². The first-order chi connectivity index (χ1) is 3.27. The van der Waals surface area contributed by atoms with E-state index in [9.17, 15) is 0 Å². The Kier molecular flexibility index (Phi) is 10.9. The number of nitrogens with one attached hydrogen (secondary N) is 2. The van der Waals surface area contributed by atoms with Gasteiger partial charge in [-0.15, -0.1) is 0 Å². The SMILES string of the molecule is C=CNNC(=S)[S-].[Na+]. The fourth-order valence-electron chi connectivity index (χ4n) is 0.110. The molecule has 0 aromatic rings. The average Bonchev–Trinajstić information content (AvgIpc) is 1.61. The van der Waals surface area contributed by atoms with E-state index in [2.05, 4.69) is 42.3 Å². The van der Waals surface area contributed by atoms with E-state index in [1.54, 1.807) is 0 Å². The van der Waals surface area contributed by atoms with Crippen LogP contribution in [0.3, 0.4) is 0 Å². The summed E-state index contributed by atoms with van der Waals surface area (Å²) in [5, 5.41) is 0. The van der Waals surface area contributed by atoms with Gasteiger partial charge in [-0.2, -0.15) is 0 Å². The molecular formula is C3H5N2NaS2. The summed E-state index contributed by atoms with van der Waals surface area (Å²) in [7, 11) is 0. The van der Waals surface area contributed by atoms with Crippen molar-refractivity contribution >= 4 is 29.2 Å². The maximum atomic E-state index is 4.45. The maximum absolute atomic E-state index is 4.45. The van der Waals surface area contributed by atoms with E-state index >= 15 is 0 Å². The Morgan fingerprint density at radius 2 is 2.25 bits per heavy atom. The third kappa shape index (κ3) is 9.82. The summed E-state index contributed by atoms with van der Waals surface area (Å²) in [5.74, 6) is 0. The van der Waals surface area contributed by atoms with Crippen LogP contribution >= 0.6 is 12.2 Å². The van der Waals surface area contributed by atoms with E-state index in [-0.39, 0.29) is 29.6 Å². The molecule has 5 heteroatoms. The van der Waals surface area contributed by atoms with Crippen LogP contribution in [0.25, 0.3) is 0 Å². The predicted molar refractivity (Wildman–Crippen MR) is 36.4 cm³/mol. The first kappa shape index (κ1) is 11.4. The van der Waals surface area contributed by atoms with Gasteiger partial charge in [0.1, 0.15) is 0 Å². The summed E-state index contributed by atoms with van der Waals surface area (Å²) < 4.78 is 0.292. The van der Waals surface area contributed by atoms with Crippen molar-refractivity contribution in [2.24, 2.45) is 0 Å². The molecule has 0 amide bonds. The topological polar surface area (TPSA) is 24.1 Å². The molecule has 2 nitrogen and oxygen atoms in total. The minimum atomic E-state index is 0. The van der Waals surface area contributed by atoms with Crippen molar-refractivity contribution in [2.45, 2.75) is 0 Å². The molecule has 0 atom stereocenters. The molecule has 0 radical (unpaired) electrons. The number of hydrazine groups is 1. The molecule has 0 fully saturated rings. The van der Waals surface area contributed by atoms with Gasteiger partial charge in [0.2, 0.25) is 0 Å². The standard InChI is InChI=1S/C3H6N2S2.Na/c1-2-4-5-3(6)7;/h2,4H,1H2,(H2,5,6,7);/q;+1/p-1. The van der Waals surface area contributed by atoms with Gasteiger partial charge in [-0.05, 0) is 4.32 Å². The molecule has 40 valence electrons. The first-order valence-electron chi connectivity index (χ1n) is 1.61. The molecule has 0 unspecified atom stereocenters. The largest absolute Gasteiger partial charge is 1.00 e. The predicted octanol–water partition coefficient (Wildman–Crippen LogP) is -2.94.